The van der Waals surface area contributed by atoms with Crippen molar-refractivity contribution in [2.24, 2.45) is 0 Å². The van der Waals surface area contributed by atoms with E-state index >= 15 is 0 Å². The monoisotopic (exact) mass is 338 g/mol. The molecule has 1 atom stereocenters. The number of aliphatic hydroxyl groups excluding tert-OH is 1. The number of benzene rings is 1. The number of nitrogens with zero attached hydrogens (tertiary/aromatic N) is 2. The zero-order valence-electron chi connectivity index (χ0n) is 14.3. The molecule has 2 fully saturated rings. The maximum Gasteiger partial charge on any atom is 0.127 e. The van der Waals surface area contributed by atoms with E-state index in [4.69, 9.17) is 0 Å². The zero-order valence-corrected chi connectivity index (χ0v) is 14.3. The lowest BCUT2D eigenvalue weighted by Gasteiger charge is -2.46. The van der Waals surface area contributed by atoms with Crippen LogP contribution in [0, 0.1) is 11.6 Å². The normalized spacial score (nSPS) is 24.4. The number of hydrogen-bond acceptors (Lipinski definition) is 3. The summed E-state index contributed by atoms with van der Waals surface area (Å²) in [7, 11) is 0. The van der Waals surface area contributed by atoms with Crippen LogP contribution in [0.25, 0.3) is 0 Å². The number of rotatable bonds is 5. The molecule has 1 N–H and O–H groups in total. The molecule has 3 nitrogen and oxygen atoms in total. The van der Waals surface area contributed by atoms with Crippen molar-refractivity contribution in [1.29, 1.82) is 0 Å². The van der Waals surface area contributed by atoms with Gasteiger partial charge in [-0.25, -0.2) is 8.78 Å². The van der Waals surface area contributed by atoms with Gasteiger partial charge in [0, 0.05) is 50.4 Å². The molecule has 134 valence electrons. The van der Waals surface area contributed by atoms with E-state index < -0.39 is 0 Å². The minimum atomic E-state index is -0.390. The summed E-state index contributed by atoms with van der Waals surface area (Å²) in [6.07, 6.45) is 7.18. The highest BCUT2D eigenvalue weighted by molar-refractivity contribution is 5.18. The molecule has 24 heavy (non-hydrogen) atoms. The Morgan fingerprint density at radius 2 is 1.88 bits per heavy atom. The molecule has 1 aromatic rings. The second-order valence-electron chi connectivity index (χ2n) is 7.17. The Kier molecular flexibility index (Phi) is 6.19. The van der Waals surface area contributed by atoms with E-state index in [0.29, 0.717) is 24.2 Å². The van der Waals surface area contributed by atoms with Gasteiger partial charge >= 0.3 is 0 Å². The van der Waals surface area contributed by atoms with Crippen molar-refractivity contribution in [1.82, 2.24) is 9.80 Å². The third-order valence-electron chi connectivity index (χ3n) is 5.52. The van der Waals surface area contributed by atoms with Crippen molar-refractivity contribution in [3.05, 3.63) is 35.4 Å². The topological polar surface area (TPSA) is 26.7 Å². The molecule has 1 aromatic carbocycles. The third kappa shape index (κ3) is 4.32. The molecule has 1 unspecified atom stereocenters. The fourth-order valence-electron chi connectivity index (χ4n) is 4.28. The van der Waals surface area contributed by atoms with Crippen LogP contribution in [-0.4, -0.2) is 53.2 Å². The molecule has 5 heteroatoms. The van der Waals surface area contributed by atoms with Gasteiger partial charge < -0.3 is 5.11 Å². The molecule has 1 aliphatic heterocycles. The highest BCUT2D eigenvalue weighted by atomic mass is 19.1. The van der Waals surface area contributed by atoms with Crippen LogP contribution in [0.4, 0.5) is 8.78 Å². The van der Waals surface area contributed by atoms with Crippen LogP contribution >= 0.6 is 0 Å². The molecular weight excluding hydrogens is 310 g/mol. The first-order valence-corrected chi connectivity index (χ1v) is 9.20. The van der Waals surface area contributed by atoms with Crippen molar-refractivity contribution in [3.63, 3.8) is 0 Å². The van der Waals surface area contributed by atoms with Crippen LogP contribution in [0.3, 0.4) is 0 Å². The molecule has 1 aliphatic carbocycles. The molecule has 0 bridgehead atoms. The van der Waals surface area contributed by atoms with E-state index in [1.807, 2.05) is 0 Å². The molecule has 0 spiro atoms. The molecule has 0 amide bonds. The predicted molar refractivity (Wildman–Crippen MR) is 90.7 cm³/mol. The first-order chi connectivity index (χ1) is 11.7. The summed E-state index contributed by atoms with van der Waals surface area (Å²) < 4.78 is 27.3. The van der Waals surface area contributed by atoms with Crippen molar-refractivity contribution >= 4 is 0 Å². The first-order valence-electron chi connectivity index (χ1n) is 9.20. The van der Waals surface area contributed by atoms with Gasteiger partial charge in [-0.2, -0.15) is 0 Å². The number of hydrogen-bond donors (Lipinski definition) is 1. The fraction of sp³-hybridized carbons (Fsp3) is 0.684. The summed E-state index contributed by atoms with van der Waals surface area (Å²) in [6, 6.07) is 4.60. The summed E-state index contributed by atoms with van der Waals surface area (Å²) in [5.41, 5.74) is 0.420. The lowest BCUT2D eigenvalue weighted by molar-refractivity contribution is 0.0133. The highest BCUT2D eigenvalue weighted by Gasteiger charge is 2.32. The van der Waals surface area contributed by atoms with E-state index in [-0.39, 0.29) is 18.2 Å². The van der Waals surface area contributed by atoms with Crippen molar-refractivity contribution in [2.45, 2.75) is 57.2 Å². The molecule has 1 saturated heterocycles. The average molecular weight is 338 g/mol. The average Bonchev–Trinajstić information content (AvgIpc) is 2.59. The molecular formula is C19H28F2N2O. The second kappa shape index (κ2) is 8.37. The molecule has 0 radical (unpaired) electrons. The first kappa shape index (κ1) is 17.8. The van der Waals surface area contributed by atoms with Crippen LogP contribution in [0.5, 0.6) is 0 Å². The van der Waals surface area contributed by atoms with Crippen LogP contribution < -0.4 is 0 Å². The summed E-state index contributed by atoms with van der Waals surface area (Å²) in [5.74, 6) is -0.732. The number of halogens is 2. The van der Waals surface area contributed by atoms with E-state index in [0.717, 1.165) is 32.1 Å². The Balaban J connectivity index is 1.64. The lowest BCUT2D eigenvalue weighted by Crippen LogP contribution is -2.56. The van der Waals surface area contributed by atoms with Gasteiger partial charge in [-0.1, -0.05) is 19.3 Å². The maximum atomic E-state index is 13.9. The Morgan fingerprint density at radius 1 is 1.08 bits per heavy atom. The van der Waals surface area contributed by atoms with E-state index in [1.54, 1.807) is 0 Å². The fourth-order valence-corrected chi connectivity index (χ4v) is 4.28. The highest BCUT2D eigenvalue weighted by Crippen LogP contribution is 2.27. The maximum absolute atomic E-state index is 13.9. The van der Waals surface area contributed by atoms with Crippen molar-refractivity contribution in [2.75, 3.05) is 26.2 Å². The van der Waals surface area contributed by atoms with Gasteiger partial charge in [0.25, 0.3) is 0 Å². The van der Waals surface area contributed by atoms with Gasteiger partial charge in [0.15, 0.2) is 0 Å². The van der Waals surface area contributed by atoms with Gasteiger partial charge in [-0.05, 0) is 37.5 Å². The summed E-state index contributed by atoms with van der Waals surface area (Å²) >= 11 is 0. The molecule has 1 saturated carbocycles. The Labute approximate surface area is 143 Å². The van der Waals surface area contributed by atoms with E-state index in [9.17, 15) is 13.9 Å². The Morgan fingerprint density at radius 3 is 2.62 bits per heavy atom. The summed E-state index contributed by atoms with van der Waals surface area (Å²) in [5, 5.41) is 9.44. The Bertz CT molecular complexity index is 534. The van der Waals surface area contributed by atoms with Crippen LogP contribution in [0.1, 0.15) is 44.1 Å². The lowest BCUT2D eigenvalue weighted by atomic mass is 9.91. The number of piperazine rings is 1. The zero-order chi connectivity index (χ0) is 16.9. The van der Waals surface area contributed by atoms with Gasteiger partial charge in [0.1, 0.15) is 11.6 Å². The summed E-state index contributed by atoms with van der Waals surface area (Å²) in [4.78, 5) is 4.76. The molecule has 1 heterocycles. The van der Waals surface area contributed by atoms with Gasteiger partial charge in [0.05, 0.1) is 0 Å². The predicted octanol–water partition coefficient (Wildman–Crippen LogP) is 3.17. The van der Waals surface area contributed by atoms with Crippen molar-refractivity contribution in [3.8, 4) is 0 Å². The Hall–Kier alpha value is -1.04. The largest absolute Gasteiger partial charge is 0.396 e. The van der Waals surface area contributed by atoms with Crippen LogP contribution in [0.2, 0.25) is 0 Å². The minimum absolute atomic E-state index is 0.177. The third-order valence-corrected chi connectivity index (χ3v) is 5.52. The SMILES string of the molecule is OCCC1CN(Cc2cc(F)ccc2F)CCN1C1CCCCC1. The number of aliphatic hydroxyl groups is 1. The minimum Gasteiger partial charge on any atom is -0.396 e. The van der Waals surface area contributed by atoms with E-state index in [1.165, 1.54) is 44.2 Å². The quantitative estimate of drug-likeness (QED) is 0.893. The van der Waals surface area contributed by atoms with Crippen LogP contribution in [0.15, 0.2) is 18.2 Å². The van der Waals surface area contributed by atoms with E-state index in [2.05, 4.69) is 9.80 Å². The second-order valence-corrected chi connectivity index (χ2v) is 7.17. The molecule has 2 aliphatic rings. The van der Waals surface area contributed by atoms with Crippen molar-refractivity contribution < 1.29 is 13.9 Å². The standard InChI is InChI=1S/C19H28F2N2O/c20-16-6-7-19(21)15(12-16)13-22-9-10-23(18(14-22)8-11-24)17-4-2-1-3-5-17/h6-7,12,17-18,24H,1-5,8-11,13-14H2. The van der Waals surface area contributed by atoms with Gasteiger partial charge in [0.2, 0.25) is 0 Å². The molecule has 0 aromatic heterocycles. The van der Waals surface area contributed by atoms with Crippen LogP contribution in [-0.2, 0) is 6.54 Å². The van der Waals surface area contributed by atoms with Gasteiger partial charge in [-0.15, -0.1) is 0 Å². The van der Waals surface area contributed by atoms with Gasteiger partial charge in [-0.3, -0.25) is 9.80 Å². The molecule has 3 rings (SSSR count). The smallest absolute Gasteiger partial charge is 0.127 e. The summed E-state index contributed by atoms with van der Waals surface area (Å²) in [6.45, 7) is 3.24.